The summed E-state index contributed by atoms with van der Waals surface area (Å²) in [6.45, 7) is 4.92. The summed E-state index contributed by atoms with van der Waals surface area (Å²) in [5.41, 5.74) is 2.52. The van der Waals surface area contributed by atoms with Crippen LogP contribution in [0.15, 0.2) is 71.3 Å². The van der Waals surface area contributed by atoms with Gasteiger partial charge in [-0.25, -0.2) is 4.79 Å². The number of hydrogen-bond acceptors (Lipinski definition) is 7. The van der Waals surface area contributed by atoms with Crippen molar-refractivity contribution in [3.63, 3.8) is 0 Å². The highest BCUT2D eigenvalue weighted by molar-refractivity contribution is 6.09. The first kappa shape index (κ1) is 27.5. The van der Waals surface area contributed by atoms with Crippen molar-refractivity contribution in [1.82, 2.24) is 5.32 Å². The van der Waals surface area contributed by atoms with Crippen LogP contribution in [-0.2, 0) is 14.3 Å². The normalized spacial score (nSPS) is 16.4. The third-order valence-electron chi connectivity index (χ3n) is 7.40. The first-order valence-corrected chi connectivity index (χ1v) is 13.9. The molecule has 1 unspecified atom stereocenters. The van der Waals surface area contributed by atoms with Gasteiger partial charge in [-0.3, -0.25) is 14.5 Å². The molecular formula is C31H35N3O6. The molecule has 40 heavy (non-hydrogen) atoms. The van der Waals surface area contributed by atoms with Gasteiger partial charge in [0.05, 0.1) is 31.6 Å². The largest absolute Gasteiger partial charge is 0.462 e. The molecule has 3 aromatic rings. The van der Waals surface area contributed by atoms with E-state index in [1.165, 1.54) is 11.2 Å². The molecule has 0 bridgehead atoms. The van der Waals surface area contributed by atoms with Crippen LogP contribution in [0.25, 0.3) is 0 Å². The lowest BCUT2D eigenvalue weighted by Crippen LogP contribution is -2.46. The number of benzene rings is 2. The van der Waals surface area contributed by atoms with Gasteiger partial charge in [0.15, 0.2) is 5.76 Å². The Hall–Kier alpha value is -4.11. The van der Waals surface area contributed by atoms with Gasteiger partial charge < -0.3 is 24.1 Å². The lowest BCUT2D eigenvalue weighted by atomic mass is 10.0. The minimum atomic E-state index is -0.967. The molecule has 1 aromatic heterocycles. The Balaban J connectivity index is 1.54. The van der Waals surface area contributed by atoms with Gasteiger partial charge in [0.2, 0.25) is 5.91 Å². The predicted octanol–water partition coefficient (Wildman–Crippen LogP) is 4.74. The molecule has 1 aliphatic carbocycles. The summed E-state index contributed by atoms with van der Waals surface area (Å²) < 4.78 is 16.1. The van der Waals surface area contributed by atoms with Crippen LogP contribution in [0.1, 0.15) is 65.1 Å². The molecule has 1 N–H and O–H groups in total. The van der Waals surface area contributed by atoms with E-state index >= 15 is 0 Å². The van der Waals surface area contributed by atoms with E-state index in [-0.39, 0.29) is 24.3 Å². The third-order valence-corrected chi connectivity index (χ3v) is 7.40. The van der Waals surface area contributed by atoms with Crippen LogP contribution in [0.3, 0.4) is 0 Å². The first-order valence-electron chi connectivity index (χ1n) is 13.9. The summed E-state index contributed by atoms with van der Waals surface area (Å²) in [4.78, 5) is 43.9. The van der Waals surface area contributed by atoms with Crippen LogP contribution < -0.4 is 15.1 Å². The van der Waals surface area contributed by atoms with E-state index in [0.29, 0.717) is 30.0 Å². The fraction of sp³-hybridized carbons (Fsp3) is 0.387. The quantitative estimate of drug-likeness (QED) is 0.388. The van der Waals surface area contributed by atoms with Gasteiger partial charge >= 0.3 is 5.97 Å². The highest BCUT2D eigenvalue weighted by Gasteiger charge is 2.36. The van der Waals surface area contributed by atoms with E-state index in [1.54, 1.807) is 43.3 Å². The standard InChI is InChI=1S/C31H35N3O6/c1-2-39-31(37)23-11-15-26(16-12-23)34(30(36)27-8-5-19-40-27)28(29(35)32-24-6-3-4-7-24)22-9-13-25(14-10-22)33-17-20-38-21-18-33/h5,8-16,19,24,28H,2-4,6-7,17-18,20-21H2,1H3,(H,32,35). The highest BCUT2D eigenvalue weighted by Crippen LogP contribution is 2.32. The molecule has 5 rings (SSSR count). The number of hydrogen-bond donors (Lipinski definition) is 1. The summed E-state index contributed by atoms with van der Waals surface area (Å²) >= 11 is 0. The average molecular weight is 546 g/mol. The topological polar surface area (TPSA) is 101 Å². The molecule has 1 atom stereocenters. The zero-order valence-corrected chi connectivity index (χ0v) is 22.7. The Morgan fingerprint density at radius 1 is 1.00 bits per heavy atom. The minimum Gasteiger partial charge on any atom is -0.462 e. The number of esters is 1. The maximum atomic E-state index is 14.0. The molecule has 2 fully saturated rings. The molecule has 2 aliphatic rings. The van der Waals surface area contributed by atoms with Gasteiger partial charge in [-0.15, -0.1) is 0 Å². The van der Waals surface area contributed by atoms with Crippen LogP contribution >= 0.6 is 0 Å². The fourth-order valence-electron chi connectivity index (χ4n) is 5.33. The van der Waals surface area contributed by atoms with E-state index in [9.17, 15) is 14.4 Å². The van der Waals surface area contributed by atoms with Gasteiger partial charge in [-0.2, -0.15) is 0 Å². The summed E-state index contributed by atoms with van der Waals surface area (Å²) in [7, 11) is 0. The van der Waals surface area contributed by atoms with Crippen molar-refractivity contribution >= 4 is 29.2 Å². The molecular weight excluding hydrogens is 510 g/mol. The van der Waals surface area contributed by atoms with E-state index in [1.807, 2.05) is 24.3 Å². The number of rotatable bonds is 9. The number of carbonyl (C=O) groups is 3. The van der Waals surface area contributed by atoms with Gasteiger partial charge in [0.1, 0.15) is 6.04 Å². The number of anilines is 2. The van der Waals surface area contributed by atoms with Crippen molar-refractivity contribution in [1.29, 1.82) is 0 Å². The van der Waals surface area contributed by atoms with Gasteiger partial charge in [0, 0.05) is 30.5 Å². The molecule has 1 saturated heterocycles. The van der Waals surface area contributed by atoms with Gasteiger partial charge in [-0.05, 0) is 73.9 Å². The smallest absolute Gasteiger partial charge is 0.338 e. The Kier molecular flexibility index (Phi) is 8.81. The molecule has 2 amide bonds. The Morgan fingerprint density at radius 2 is 1.70 bits per heavy atom. The van der Waals surface area contributed by atoms with Crippen LogP contribution in [0.5, 0.6) is 0 Å². The molecule has 0 radical (unpaired) electrons. The third kappa shape index (κ3) is 6.20. The Labute approximate surface area is 234 Å². The maximum absolute atomic E-state index is 14.0. The Bertz CT molecular complexity index is 1280. The molecule has 1 saturated carbocycles. The van der Waals surface area contributed by atoms with Crippen molar-refractivity contribution < 1.29 is 28.3 Å². The van der Waals surface area contributed by atoms with E-state index in [0.717, 1.165) is 44.5 Å². The second-order valence-electron chi connectivity index (χ2n) is 10.0. The van der Waals surface area contributed by atoms with Crippen LogP contribution in [0.4, 0.5) is 11.4 Å². The summed E-state index contributed by atoms with van der Waals surface area (Å²) in [6.07, 6.45) is 5.38. The molecule has 9 heteroatoms. The van der Waals surface area contributed by atoms with Crippen molar-refractivity contribution in [2.24, 2.45) is 0 Å². The van der Waals surface area contributed by atoms with E-state index < -0.39 is 17.9 Å². The van der Waals surface area contributed by atoms with Gasteiger partial charge in [-0.1, -0.05) is 25.0 Å². The second-order valence-corrected chi connectivity index (χ2v) is 10.0. The predicted molar refractivity (Wildman–Crippen MR) is 151 cm³/mol. The molecule has 0 spiro atoms. The number of carbonyl (C=O) groups excluding carboxylic acids is 3. The van der Waals surface area contributed by atoms with Crippen molar-refractivity contribution in [2.45, 2.75) is 44.7 Å². The molecule has 9 nitrogen and oxygen atoms in total. The molecule has 2 heterocycles. The SMILES string of the molecule is CCOC(=O)c1ccc(N(C(=O)c2ccco2)C(C(=O)NC2CCCC2)c2ccc(N3CCOCC3)cc2)cc1. The number of nitrogens with one attached hydrogen (secondary N) is 1. The lowest BCUT2D eigenvalue weighted by molar-refractivity contribution is -0.123. The average Bonchev–Trinajstić information content (AvgIpc) is 3.72. The lowest BCUT2D eigenvalue weighted by Gasteiger charge is -2.33. The molecule has 2 aromatic carbocycles. The van der Waals surface area contributed by atoms with E-state index in [4.69, 9.17) is 13.9 Å². The summed E-state index contributed by atoms with van der Waals surface area (Å²) in [6, 6.07) is 16.6. The number of ether oxygens (including phenoxy) is 2. The van der Waals surface area contributed by atoms with Crippen LogP contribution in [-0.4, -0.2) is 56.7 Å². The van der Waals surface area contributed by atoms with Crippen molar-refractivity contribution in [3.05, 3.63) is 83.8 Å². The summed E-state index contributed by atoms with van der Waals surface area (Å²) in [5, 5.41) is 3.19. The fourth-order valence-corrected chi connectivity index (χ4v) is 5.33. The van der Waals surface area contributed by atoms with Crippen molar-refractivity contribution in [2.75, 3.05) is 42.7 Å². The van der Waals surface area contributed by atoms with Crippen LogP contribution in [0.2, 0.25) is 0 Å². The minimum absolute atomic E-state index is 0.0642. The number of morpholine rings is 1. The van der Waals surface area contributed by atoms with E-state index in [2.05, 4.69) is 10.2 Å². The highest BCUT2D eigenvalue weighted by atomic mass is 16.5. The zero-order valence-electron chi connectivity index (χ0n) is 22.7. The number of amides is 2. The zero-order chi connectivity index (χ0) is 27.9. The monoisotopic (exact) mass is 545 g/mol. The molecule has 210 valence electrons. The number of furan rings is 1. The second kappa shape index (κ2) is 12.8. The molecule has 1 aliphatic heterocycles. The van der Waals surface area contributed by atoms with Crippen LogP contribution in [0, 0.1) is 0 Å². The number of nitrogens with zero attached hydrogens (tertiary/aromatic N) is 2. The van der Waals surface area contributed by atoms with Gasteiger partial charge in [0.25, 0.3) is 5.91 Å². The first-order chi connectivity index (χ1) is 19.5. The summed E-state index contributed by atoms with van der Waals surface area (Å²) in [5.74, 6) is -1.07. The maximum Gasteiger partial charge on any atom is 0.338 e. The Morgan fingerprint density at radius 3 is 2.33 bits per heavy atom. The van der Waals surface area contributed by atoms with Crippen molar-refractivity contribution in [3.8, 4) is 0 Å².